The van der Waals surface area contributed by atoms with E-state index < -0.39 is 24.0 Å². The molecule has 0 aromatic carbocycles. The van der Waals surface area contributed by atoms with E-state index in [-0.39, 0.29) is 23.3 Å². The summed E-state index contributed by atoms with van der Waals surface area (Å²) in [4.78, 5) is 47.1. The molecule has 0 radical (unpaired) electrons. The number of carboxylic acids is 1. The molecule has 3 aromatic heterocycles. The van der Waals surface area contributed by atoms with E-state index in [0.29, 0.717) is 26.5 Å². The Kier molecular flexibility index (Phi) is 4.31. The second-order valence-corrected chi connectivity index (χ2v) is 8.88. The number of fused-ring (bicyclic) bond motifs is 2. The molecule has 0 bridgehead atoms. The molecule has 5 heterocycles. The van der Waals surface area contributed by atoms with Gasteiger partial charge in [-0.25, -0.2) is 9.78 Å². The third-order valence-electron chi connectivity index (χ3n) is 6.05. The lowest BCUT2D eigenvalue weighted by molar-refractivity contribution is -0.506. The number of aliphatic carboxylic acids is 1. The lowest BCUT2D eigenvalue weighted by Crippen LogP contribution is -2.63. The van der Waals surface area contributed by atoms with E-state index in [4.69, 9.17) is 0 Å². The lowest BCUT2D eigenvalue weighted by Gasteiger charge is -2.46. The van der Waals surface area contributed by atoms with Crippen molar-refractivity contribution in [2.24, 2.45) is 11.8 Å². The van der Waals surface area contributed by atoms with Gasteiger partial charge in [0.1, 0.15) is 11.9 Å². The number of aliphatic hydroxyl groups is 1. The summed E-state index contributed by atoms with van der Waals surface area (Å²) in [6.07, 6.45) is 5.62. The number of H-pyrrole nitrogens is 1. The molecule has 4 atom stereocenters. The molecule has 10 heteroatoms. The Morgan fingerprint density at radius 2 is 2.16 bits per heavy atom. The highest BCUT2D eigenvalue weighted by Crippen LogP contribution is 2.51. The van der Waals surface area contributed by atoms with Crippen molar-refractivity contribution in [2.45, 2.75) is 26.0 Å². The van der Waals surface area contributed by atoms with Crippen molar-refractivity contribution in [2.75, 3.05) is 0 Å². The van der Waals surface area contributed by atoms with Crippen LogP contribution in [0.4, 0.5) is 0 Å². The number of thiazole rings is 1. The number of imidazole rings is 1. The molecule has 2 aliphatic heterocycles. The van der Waals surface area contributed by atoms with E-state index in [2.05, 4.69) is 9.97 Å². The van der Waals surface area contributed by atoms with Crippen molar-refractivity contribution in [3.63, 3.8) is 0 Å². The van der Waals surface area contributed by atoms with Gasteiger partial charge in [0.2, 0.25) is 28.5 Å². The van der Waals surface area contributed by atoms with Gasteiger partial charge in [-0.2, -0.15) is 4.40 Å². The Balaban J connectivity index is 1.60. The van der Waals surface area contributed by atoms with Crippen LogP contribution in [0.15, 0.2) is 42.7 Å². The molecule has 3 N–H and O–H groups in total. The van der Waals surface area contributed by atoms with Crippen LogP contribution in [-0.2, 0) is 9.59 Å². The Labute approximate surface area is 180 Å². The maximum atomic E-state index is 12.9. The number of hydrogen-bond acceptors (Lipinski definition) is 6. The summed E-state index contributed by atoms with van der Waals surface area (Å²) < 4.78 is 1.74. The van der Waals surface area contributed by atoms with E-state index in [1.165, 1.54) is 22.4 Å². The zero-order valence-electron chi connectivity index (χ0n) is 16.6. The molecule has 158 valence electrons. The fourth-order valence-corrected chi connectivity index (χ4v) is 5.89. The van der Waals surface area contributed by atoms with Crippen LogP contribution in [0.3, 0.4) is 0 Å². The summed E-state index contributed by atoms with van der Waals surface area (Å²) in [7, 11) is 0. The first kappa shape index (κ1) is 19.6. The van der Waals surface area contributed by atoms with Crippen LogP contribution in [0.2, 0.25) is 0 Å². The molecule has 5 rings (SSSR count). The minimum atomic E-state index is -1.18. The van der Waals surface area contributed by atoms with Gasteiger partial charge in [-0.05, 0) is 19.1 Å². The first-order chi connectivity index (χ1) is 14.8. The number of amides is 1. The van der Waals surface area contributed by atoms with Gasteiger partial charge in [-0.1, -0.05) is 18.3 Å². The number of aromatic amines is 1. The van der Waals surface area contributed by atoms with Gasteiger partial charge in [0.25, 0.3) is 0 Å². The lowest BCUT2D eigenvalue weighted by atomic mass is 9.77. The van der Waals surface area contributed by atoms with Gasteiger partial charge in [-0.15, -0.1) is 0 Å². The molecule has 2 aliphatic rings. The Bertz CT molecular complexity index is 1280. The van der Waals surface area contributed by atoms with Crippen LogP contribution in [0.5, 0.6) is 0 Å². The fraction of sp³-hybridized carbons (Fsp3) is 0.286. The summed E-state index contributed by atoms with van der Waals surface area (Å²) in [6.45, 7) is 3.42. The first-order valence-electron chi connectivity index (χ1n) is 9.77. The van der Waals surface area contributed by atoms with Crippen LogP contribution in [0, 0.1) is 11.8 Å². The third kappa shape index (κ3) is 2.68. The zero-order chi connectivity index (χ0) is 22.0. The second-order valence-electron chi connectivity index (χ2n) is 7.85. The number of carbonyl (C=O) groups excluding carboxylic acids is 2. The number of carboxylic acid groups (broad SMARTS) is 1. The summed E-state index contributed by atoms with van der Waals surface area (Å²) in [5, 5.41) is 19.9. The molecule has 31 heavy (non-hydrogen) atoms. The summed E-state index contributed by atoms with van der Waals surface area (Å²) in [5.74, 6) is -2.66. The topological polar surface area (TPSA) is 128 Å². The van der Waals surface area contributed by atoms with Crippen molar-refractivity contribution >= 4 is 39.4 Å². The molecular formula is C21H19N4O5S+. The number of hydrogen-bond donors (Lipinski definition) is 3. The number of pyridine rings is 1. The number of carbonyl (C=O) groups is 3. The molecule has 4 unspecified atom stereocenters. The Morgan fingerprint density at radius 1 is 1.39 bits per heavy atom. The van der Waals surface area contributed by atoms with Crippen LogP contribution in [0.25, 0.3) is 10.4 Å². The Morgan fingerprint density at radius 3 is 2.81 bits per heavy atom. The highest BCUT2D eigenvalue weighted by atomic mass is 32.1. The number of ketones is 1. The minimum absolute atomic E-state index is 0.0481. The number of aliphatic hydroxyl groups excluding tert-OH is 1. The van der Waals surface area contributed by atoms with Crippen molar-refractivity contribution in [3.8, 4) is 0 Å². The van der Waals surface area contributed by atoms with Gasteiger partial charge in [0, 0.05) is 29.4 Å². The highest BCUT2D eigenvalue weighted by Gasteiger charge is 2.60. The molecule has 3 aromatic rings. The van der Waals surface area contributed by atoms with Crippen LogP contribution in [-0.4, -0.2) is 54.9 Å². The van der Waals surface area contributed by atoms with Crippen LogP contribution >= 0.6 is 11.3 Å². The number of nitrogens with zero attached hydrogens (tertiary/aromatic N) is 3. The van der Waals surface area contributed by atoms with Crippen molar-refractivity contribution in [1.82, 2.24) is 14.9 Å². The van der Waals surface area contributed by atoms with Gasteiger partial charge in [-0.3, -0.25) is 14.6 Å². The summed E-state index contributed by atoms with van der Waals surface area (Å²) in [6, 6.07) is 2.97. The predicted octanol–water partition coefficient (Wildman–Crippen LogP) is 1.09. The van der Waals surface area contributed by atoms with Gasteiger partial charge < -0.3 is 15.1 Å². The SMILES string of the molecule is CC(O)C1C(=O)N2C(C(=O)O)=C(c3c[n+]4c[nH]c(C(=O)c5cccnc5)c4s3)C(C)C12. The standard InChI is InChI=1S/C21H18N4O5S/c1-9-13(17(21(29)30)25-16(9)14(10(2)26)19(25)28)12-7-24-8-23-15(20(24)31-12)18(27)11-4-3-5-22-6-11/h3-10,14,16,26H,1-2H3,(H,29,30)/p+1. The molecule has 1 saturated heterocycles. The summed E-state index contributed by atoms with van der Waals surface area (Å²) >= 11 is 1.29. The van der Waals surface area contributed by atoms with Gasteiger partial charge >= 0.3 is 5.97 Å². The molecular weight excluding hydrogens is 420 g/mol. The molecule has 0 saturated carbocycles. The number of rotatable bonds is 5. The van der Waals surface area contributed by atoms with E-state index >= 15 is 0 Å². The molecule has 9 nitrogen and oxygen atoms in total. The largest absolute Gasteiger partial charge is 0.477 e. The van der Waals surface area contributed by atoms with E-state index in [1.807, 2.05) is 6.92 Å². The minimum Gasteiger partial charge on any atom is -0.477 e. The third-order valence-corrected chi connectivity index (χ3v) is 7.20. The maximum absolute atomic E-state index is 12.9. The van der Waals surface area contributed by atoms with E-state index in [0.717, 1.165) is 0 Å². The normalized spacial score (nSPS) is 23.8. The number of aromatic nitrogens is 3. The number of nitrogens with one attached hydrogen (secondary N) is 1. The predicted molar refractivity (Wildman–Crippen MR) is 109 cm³/mol. The zero-order valence-corrected chi connectivity index (χ0v) is 17.5. The molecule has 1 fully saturated rings. The smallest absolute Gasteiger partial charge is 0.352 e. The maximum Gasteiger partial charge on any atom is 0.352 e. The average molecular weight is 439 g/mol. The van der Waals surface area contributed by atoms with Crippen molar-refractivity contribution < 1.29 is 29.0 Å². The fourth-order valence-electron chi connectivity index (χ4n) is 4.66. The molecule has 0 spiro atoms. The summed E-state index contributed by atoms with van der Waals surface area (Å²) in [5.41, 5.74) is 1.32. The van der Waals surface area contributed by atoms with E-state index in [1.54, 1.807) is 42.2 Å². The Hall–Kier alpha value is -3.37. The van der Waals surface area contributed by atoms with Crippen molar-refractivity contribution in [3.05, 3.63) is 58.9 Å². The van der Waals surface area contributed by atoms with Gasteiger partial charge in [0.15, 0.2) is 0 Å². The molecule has 0 aliphatic carbocycles. The van der Waals surface area contributed by atoms with Crippen molar-refractivity contribution in [1.29, 1.82) is 0 Å². The second kappa shape index (κ2) is 6.82. The monoisotopic (exact) mass is 439 g/mol. The van der Waals surface area contributed by atoms with Gasteiger partial charge in [0.05, 0.1) is 22.9 Å². The van der Waals surface area contributed by atoms with E-state index in [9.17, 15) is 24.6 Å². The average Bonchev–Trinajstić information content (AvgIpc) is 3.37. The molecule has 1 amide bonds. The van der Waals surface area contributed by atoms with Crippen LogP contribution in [0.1, 0.15) is 34.8 Å². The first-order valence-corrected chi connectivity index (χ1v) is 10.6. The quantitative estimate of drug-likeness (QED) is 0.310. The number of β-lactam (4-membered cyclic amide) rings is 1. The van der Waals surface area contributed by atoms with Crippen LogP contribution < -0.4 is 4.40 Å². The highest BCUT2D eigenvalue weighted by molar-refractivity contribution is 7.18.